The summed E-state index contributed by atoms with van der Waals surface area (Å²) in [6.07, 6.45) is -10.0. The van der Waals surface area contributed by atoms with Crippen LogP contribution in [0.4, 0.5) is 26.3 Å². The number of nitrogens with one attached hydrogen (secondary N) is 1. The zero-order valence-electron chi connectivity index (χ0n) is 23.1. The second-order valence-electron chi connectivity index (χ2n) is 10.3. The Kier molecular flexibility index (Phi) is 7.64. The third-order valence-corrected chi connectivity index (χ3v) is 7.22. The van der Waals surface area contributed by atoms with E-state index in [1.165, 1.54) is 0 Å². The molecule has 0 amide bonds. The maximum Gasteiger partial charge on any atom is 0.416 e. The van der Waals surface area contributed by atoms with E-state index in [2.05, 4.69) is 0 Å². The molecule has 43 heavy (non-hydrogen) atoms. The molecule has 5 rings (SSSR count). The summed E-state index contributed by atoms with van der Waals surface area (Å²) in [4.78, 5) is 4.79. The molecule has 0 aliphatic heterocycles. The van der Waals surface area contributed by atoms with E-state index in [4.69, 9.17) is 16.1 Å². The Labute approximate surface area is 244 Å². The summed E-state index contributed by atoms with van der Waals surface area (Å²) in [6, 6.07) is 22.9. The van der Waals surface area contributed by atoms with Crippen molar-refractivity contribution < 1.29 is 26.3 Å². The highest BCUT2D eigenvalue weighted by atomic mass is 19.4. The molecule has 0 spiro atoms. The zero-order valence-corrected chi connectivity index (χ0v) is 23.1. The summed E-state index contributed by atoms with van der Waals surface area (Å²) in [7, 11) is 0. The van der Waals surface area contributed by atoms with E-state index in [1.54, 1.807) is 34.9 Å². The second-order valence-corrected chi connectivity index (χ2v) is 10.3. The number of amidine groups is 1. The summed E-state index contributed by atoms with van der Waals surface area (Å²) in [5.41, 5.74) is 7.64. The highest BCUT2D eigenvalue weighted by Gasteiger charge is 2.38. The van der Waals surface area contributed by atoms with Crippen LogP contribution in [0.15, 0.2) is 91.0 Å². The summed E-state index contributed by atoms with van der Waals surface area (Å²) < 4.78 is 85.1. The molecule has 1 heterocycles. The van der Waals surface area contributed by atoms with Crippen LogP contribution in [0.1, 0.15) is 33.4 Å². The summed E-state index contributed by atoms with van der Waals surface area (Å²) in [5.74, 6) is -0.190. The number of hydrogen-bond acceptors (Lipinski definition) is 2. The molecule has 0 aliphatic carbocycles. The monoisotopic (exact) mass is 592 g/mol. The molecule has 0 unspecified atom stereocenters. The van der Waals surface area contributed by atoms with Crippen LogP contribution in [0.3, 0.4) is 0 Å². The van der Waals surface area contributed by atoms with Gasteiger partial charge >= 0.3 is 12.4 Å². The minimum Gasteiger partial charge on any atom is -0.384 e. The van der Waals surface area contributed by atoms with E-state index in [1.807, 2.05) is 56.3 Å². The number of benzene rings is 4. The number of nitrogens with zero attached hydrogens (tertiary/aromatic N) is 2. The average molecular weight is 593 g/mol. The summed E-state index contributed by atoms with van der Waals surface area (Å²) in [6.45, 7) is 3.80. The molecule has 4 nitrogen and oxygen atoms in total. The van der Waals surface area contributed by atoms with E-state index in [0.29, 0.717) is 40.2 Å². The van der Waals surface area contributed by atoms with Gasteiger partial charge in [-0.2, -0.15) is 26.3 Å². The van der Waals surface area contributed by atoms with Gasteiger partial charge in [0, 0.05) is 28.8 Å². The molecule has 220 valence electrons. The van der Waals surface area contributed by atoms with Gasteiger partial charge in [0.25, 0.3) is 0 Å². The number of rotatable bonds is 6. The highest BCUT2D eigenvalue weighted by molar-refractivity contribution is 5.94. The first kappa shape index (κ1) is 29.6. The molecule has 5 aromatic rings. The van der Waals surface area contributed by atoms with Crippen LogP contribution < -0.4 is 5.73 Å². The molecule has 3 N–H and O–H groups in total. The lowest BCUT2D eigenvalue weighted by Crippen LogP contribution is -2.12. The minimum absolute atomic E-state index is 0.0521. The van der Waals surface area contributed by atoms with Crippen LogP contribution >= 0.6 is 0 Å². The van der Waals surface area contributed by atoms with Gasteiger partial charge in [0.15, 0.2) is 0 Å². The number of aryl methyl sites for hydroxylation is 2. The molecule has 0 atom stereocenters. The van der Waals surface area contributed by atoms with Crippen LogP contribution in [0, 0.1) is 19.3 Å². The summed E-state index contributed by atoms with van der Waals surface area (Å²) in [5, 5.41) is 7.68. The first-order valence-corrected chi connectivity index (χ1v) is 13.2. The van der Waals surface area contributed by atoms with Crippen molar-refractivity contribution in [2.75, 3.05) is 0 Å². The smallest absolute Gasteiger partial charge is 0.384 e. The lowest BCUT2D eigenvalue weighted by atomic mass is 9.98. The number of imidazole rings is 1. The van der Waals surface area contributed by atoms with Gasteiger partial charge in [-0.25, -0.2) is 4.98 Å². The Morgan fingerprint density at radius 1 is 0.744 bits per heavy atom. The molecular formula is C33H26F6N4. The Balaban J connectivity index is 1.88. The lowest BCUT2D eigenvalue weighted by molar-refractivity contribution is -0.143. The van der Waals surface area contributed by atoms with Crippen molar-refractivity contribution >= 4 is 5.84 Å². The minimum atomic E-state index is -5.02. The fourth-order valence-corrected chi connectivity index (χ4v) is 5.02. The average Bonchev–Trinajstić information content (AvgIpc) is 3.31. The van der Waals surface area contributed by atoms with E-state index in [-0.39, 0.29) is 29.8 Å². The molecule has 0 radical (unpaired) electrons. The van der Waals surface area contributed by atoms with Gasteiger partial charge in [-0.3, -0.25) is 5.41 Å². The number of alkyl halides is 6. The third-order valence-electron chi connectivity index (χ3n) is 7.22. The number of hydrogen-bond donors (Lipinski definition) is 2. The van der Waals surface area contributed by atoms with Gasteiger partial charge in [-0.1, -0.05) is 72.8 Å². The van der Waals surface area contributed by atoms with Gasteiger partial charge in [-0.15, -0.1) is 0 Å². The quantitative estimate of drug-likeness (QED) is 0.118. The zero-order chi connectivity index (χ0) is 31.1. The second kappa shape index (κ2) is 11.1. The molecule has 10 heteroatoms. The van der Waals surface area contributed by atoms with Gasteiger partial charge in [-0.05, 0) is 48.7 Å². The van der Waals surface area contributed by atoms with Gasteiger partial charge in [0.05, 0.1) is 22.5 Å². The number of aromatic nitrogens is 2. The normalized spacial score (nSPS) is 12.0. The Bertz CT molecular complexity index is 1780. The topological polar surface area (TPSA) is 67.7 Å². The molecule has 4 aromatic carbocycles. The molecule has 1 aromatic heterocycles. The number of halogens is 6. The van der Waals surface area contributed by atoms with E-state index >= 15 is 0 Å². The summed E-state index contributed by atoms with van der Waals surface area (Å²) >= 11 is 0. The van der Waals surface area contributed by atoms with Crippen molar-refractivity contribution in [2.24, 2.45) is 5.73 Å². The van der Waals surface area contributed by atoms with Crippen molar-refractivity contribution in [1.29, 1.82) is 5.41 Å². The van der Waals surface area contributed by atoms with E-state index < -0.39 is 23.5 Å². The van der Waals surface area contributed by atoms with Gasteiger partial charge < -0.3 is 10.3 Å². The molecule has 0 fully saturated rings. The van der Waals surface area contributed by atoms with Crippen LogP contribution in [-0.4, -0.2) is 15.4 Å². The predicted molar refractivity (Wildman–Crippen MR) is 155 cm³/mol. The fraction of sp³-hybridized carbons (Fsp3) is 0.152. The highest BCUT2D eigenvalue weighted by Crippen LogP contribution is 2.42. The van der Waals surface area contributed by atoms with Crippen molar-refractivity contribution in [1.82, 2.24) is 9.55 Å². The fourth-order valence-electron chi connectivity index (χ4n) is 5.02. The SMILES string of the molecule is Cc1ccccc1-c1nc(-c2cc(C(F)(F)F)cc(C(F)(F)F)c2)n(Cc2ccc(C(=N)N)cc2)c1-c1ccccc1C. The lowest BCUT2D eigenvalue weighted by Gasteiger charge is -2.17. The third kappa shape index (κ3) is 6.04. The van der Waals surface area contributed by atoms with Crippen molar-refractivity contribution in [2.45, 2.75) is 32.7 Å². The standard InChI is InChI=1S/C33H26F6N4/c1-19-7-3-5-9-26(19)28-29(27-10-6-4-8-20(27)2)43(18-21-11-13-22(14-12-21)30(40)41)31(42-28)23-15-24(32(34,35)36)17-25(16-23)33(37,38)39/h3-17H,18H2,1-2H3,(H3,40,41). The maximum atomic E-state index is 13.9. The van der Waals surface area contributed by atoms with E-state index in [9.17, 15) is 26.3 Å². The molecule has 0 aliphatic rings. The number of nitrogen functional groups attached to an aromatic ring is 1. The first-order valence-electron chi connectivity index (χ1n) is 13.2. The molecule has 0 saturated heterocycles. The van der Waals surface area contributed by atoms with Gasteiger partial charge in [0.2, 0.25) is 0 Å². The van der Waals surface area contributed by atoms with Gasteiger partial charge in [0.1, 0.15) is 11.7 Å². The van der Waals surface area contributed by atoms with Crippen LogP contribution in [0.5, 0.6) is 0 Å². The molecule has 0 bridgehead atoms. The predicted octanol–water partition coefficient (Wildman–Crippen LogP) is 8.87. The molecule has 0 saturated carbocycles. The van der Waals surface area contributed by atoms with Crippen molar-refractivity contribution in [3.63, 3.8) is 0 Å². The largest absolute Gasteiger partial charge is 0.416 e. The first-order chi connectivity index (χ1) is 20.2. The van der Waals surface area contributed by atoms with Crippen LogP contribution in [-0.2, 0) is 18.9 Å². The van der Waals surface area contributed by atoms with Crippen molar-refractivity contribution in [3.05, 3.63) is 124 Å². The van der Waals surface area contributed by atoms with Crippen molar-refractivity contribution in [3.8, 4) is 33.9 Å². The Morgan fingerprint density at radius 2 is 1.26 bits per heavy atom. The Morgan fingerprint density at radius 3 is 1.74 bits per heavy atom. The molecular weight excluding hydrogens is 566 g/mol. The van der Waals surface area contributed by atoms with E-state index in [0.717, 1.165) is 16.7 Å². The maximum absolute atomic E-state index is 13.9. The Hall–Kier alpha value is -4.86. The number of nitrogens with two attached hydrogens (primary N) is 1. The van der Waals surface area contributed by atoms with Crippen LogP contribution in [0.2, 0.25) is 0 Å². The van der Waals surface area contributed by atoms with Crippen LogP contribution in [0.25, 0.3) is 33.9 Å².